The molecule has 3 N–H and O–H groups in total. The van der Waals surface area contributed by atoms with Crippen LogP contribution in [0, 0.1) is 5.92 Å². The van der Waals surface area contributed by atoms with E-state index in [-0.39, 0.29) is 25.5 Å². The number of aliphatic hydroxyl groups is 1. The molecule has 10 nitrogen and oxygen atoms in total. The SMILES string of the molecule is CC(C)CNNC(=O)[C@@]1(Cc2ccccc2)N=C(c2ccc(OCCCO)cc2)O[C@H]1c1ccccc1CN=[N+]=[N-]. The summed E-state index contributed by atoms with van der Waals surface area (Å²) in [5.41, 5.74) is 16.7. The van der Waals surface area contributed by atoms with Crippen molar-refractivity contribution in [2.45, 2.75) is 44.9 Å². The highest BCUT2D eigenvalue weighted by atomic mass is 16.5. The average molecular weight is 557 g/mol. The summed E-state index contributed by atoms with van der Waals surface area (Å²) < 4.78 is 12.3. The molecule has 4 rings (SSSR count). The number of amides is 1. The third-order valence-corrected chi connectivity index (χ3v) is 6.70. The van der Waals surface area contributed by atoms with Crippen molar-refractivity contribution in [2.75, 3.05) is 19.8 Å². The summed E-state index contributed by atoms with van der Waals surface area (Å²) in [6.07, 6.45) is 0.00965. The molecule has 0 fully saturated rings. The van der Waals surface area contributed by atoms with E-state index in [9.17, 15) is 4.79 Å². The number of hydrogen-bond acceptors (Lipinski definition) is 7. The third-order valence-electron chi connectivity index (χ3n) is 6.70. The van der Waals surface area contributed by atoms with Gasteiger partial charge in [-0.15, -0.1) is 0 Å². The lowest BCUT2D eigenvalue weighted by molar-refractivity contribution is -0.130. The van der Waals surface area contributed by atoms with Gasteiger partial charge in [0.25, 0.3) is 5.91 Å². The summed E-state index contributed by atoms with van der Waals surface area (Å²) in [7, 11) is 0. The maximum absolute atomic E-state index is 14.2. The van der Waals surface area contributed by atoms with E-state index in [1.165, 1.54) is 0 Å². The molecule has 0 saturated carbocycles. The van der Waals surface area contributed by atoms with Gasteiger partial charge in [-0.1, -0.05) is 73.6 Å². The van der Waals surface area contributed by atoms with Crippen LogP contribution >= 0.6 is 0 Å². The van der Waals surface area contributed by atoms with Gasteiger partial charge in [-0.25, -0.2) is 10.4 Å². The molecule has 3 aromatic rings. The minimum Gasteiger partial charge on any atom is -0.494 e. The number of nitrogens with zero attached hydrogens (tertiary/aromatic N) is 4. The first-order chi connectivity index (χ1) is 20.0. The molecular formula is C31H36N6O4. The molecule has 0 bridgehead atoms. The van der Waals surface area contributed by atoms with Crippen molar-refractivity contribution in [2.24, 2.45) is 16.0 Å². The van der Waals surface area contributed by atoms with Gasteiger partial charge in [0.1, 0.15) is 5.75 Å². The fourth-order valence-corrected chi connectivity index (χ4v) is 4.65. The van der Waals surface area contributed by atoms with Crippen LogP contribution in [-0.4, -0.2) is 42.2 Å². The second-order valence-electron chi connectivity index (χ2n) is 10.3. The number of hydrazine groups is 1. The fraction of sp³-hybridized carbons (Fsp3) is 0.355. The smallest absolute Gasteiger partial charge is 0.266 e. The number of carbonyl (C=O) groups excluding carboxylic acids is 1. The Morgan fingerprint density at radius 1 is 1.12 bits per heavy atom. The molecule has 0 aromatic heterocycles. The number of hydrogen-bond donors (Lipinski definition) is 3. The monoisotopic (exact) mass is 556 g/mol. The topological polar surface area (TPSA) is 141 Å². The molecule has 1 amide bonds. The van der Waals surface area contributed by atoms with Gasteiger partial charge in [-0.05, 0) is 52.4 Å². The van der Waals surface area contributed by atoms with E-state index in [4.69, 9.17) is 25.1 Å². The van der Waals surface area contributed by atoms with E-state index in [1.807, 2.05) is 78.9 Å². The Labute approximate surface area is 240 Å². The highest BCUT2D eigenvalue weighted by Crippen LogP contribution is 2.43. The molecule has 1 heterocycles. The Morgan fingerprint density at radius 2 is 1.85 bits per heavy atom. The van der Waals surface area contributed by atoms with Crippen LogP contribution in [0.4, 0.5) is 0 Å². The number of carbonyl (C=O) groups is 1. The number of rotatable bonds is 14. The number of ether oxygens (including phenoxy) is 2. The van der Waals surface area contributed by atoms with Crippen LogP contribution in [0.25, 0.3) is 10.4 Å². The Balaban J connectivity index is 1.80. The summed E-state index contributed by atoms with van der Waals surface area (Å²) in [6.45, 7) is 5.26. The van der Waals surface area contributed by atoms with Gasteiger partial charge in [-0.3, -0.25) is 10.2 Å². The molecule has 1 aliphatic rings. The van der Waals surface area contributed by atoms with Crippen LogP contribution in [0.5, 0.6) is 5.75 Å². The molecule has 3 aromatic carbocycles. The molecule has 2 atom stereocenters. The predicted molar refractivity (Wildman–Crippen MR) is 157 cm³/mol. The molecule has 0 saturated heterocycles. The maximum atomic E-state index is 14.2. The average Bonchev–Trinajstić information content (AvgIpc) is 3.37. The fourth-order valence-electron chi connectivity index (χ4n) is 4.65. The van der Waals surface area contributed by atoms with Crippen molar-refractivity contribution in [1.82, 2.24) is 10.9 Å². The van der Waals surface area contributed by atoms with Crippen molar-refractivity contribution in [3.63, 3.8) is 0 Å². The molecule has 10 heteroatoms. The first-order valence-electron chi connectivity index (χ1n) is 13.7. The second-order valence-corrected chi connectivity index (χ2v) is 10.3. The number of aliphatic imine (C=N–C) groups is 1. The zero-order chi connectivity index (χ0) is 29.1. The Morgan fingerprint density at radius 3 is 2.56 bits per heavy atom. The highest BCUT2D eigenvalue weighted by Gasteiger charge is 2.53. The summed E-state index contributed by atoms with van der Waals surface area (Å²) in [5.74, 6) is 0.968. The molecular weight excluding hydrogens is 520 g/mol. The molecule has 0 radical (unpaired) electrons. The van der Waals surface area contributed by atoms with Crippen LogP contribution in [0.15, 0.2) is 89.0 Å². The largest absolute Gasteiger partial charge is 0.494 e. The van der Waals surface area contributed by atoms with Crippen molar-refractivity contribution >= 4 is 11.8 Å². The molecule has 214 valence electrons. The van der Waals surface area contributed by atoms with E-state index >= 15 is 0 Å². The van der Waals surface area contributed by atoms with Gasteiger partial charge in [0.05, 0.1) is 13.2 Å². The van der Waals surface area contributed by atoms with E-state index in [0.717, 1.165) is 16.7 Å². The standard InChI is InChI=1S/C31H36N6O4/c1-22(2)20-33-36-30(39)31(19-23-9-4-3-5-10-23)28(27-12-7-6-11-25(27)21-34-37-32)41-29(35-31)24-13-15-26(16-14-24)40-18-8-17-38/h3-7,9-16,22,28,33,38H,8,17-21H2,1-2H3,(H,36,39)/t28-,31-/m0/s1. The minimum atomic E-state index is -1.37. The highest BCUT2D eigenvalue weighted by molar-refractivity contribution is 6.01. The number of azide groups is 1. The van der Waals surface area contributed by atoms with Crippen LogP contribution < -0.4 is 15.6 Å². The Kier molecular flexibility index (Phi) is 10.3. The van der Waals surface area contributed by atoms with Crippen molar-refractivity contribution in [3.8, 4) is 5.75 Å². The summed E-state index contributed by atoms with van der Waals surface area (Å²) in [4.78, 5) is 22.1. The quantitative estimate of drug-likeness (QED) is 0.0839. The van der Waals surface area contributed by atoms with Gasteiger partial charge < -0.3 is 14.6 Å². The van der Waals surface area contributed by atoms with Crippen LogP contribution in [-0.2, 0) is 22.5 Å². The number of aliphatic hydroxyl groups excluding tert-OH is 1. The number of nitrogens with one attached hydrogen (secondary N) is 2. The van der Waals surface area contributed by atoms with Gasteiger partial charge in [0, 0.05) is 36.5 Å². The van der Waals surface area contributed by atoms with E-state index in [2.05, 4.69) is 34.7 Å². The van der Waals surface area contributed by atoms with Crippen molar-refractivity contribution in [3.05, 3.63) is 112 Å². The van der Waals surface area contributed by atoms with E-state index < -0.39 is 11.6 Å². The lowest BCUT2D eigenvalue weighted by Gasteiger charge is -2.32. The summed E-state index contributed by atoms with van der Waals surface area (Å²) in [6, 6.07) is 24.5. The zero-order valence-electron chi connectivity index (χ0n) is 23.4. The van der Waals surface area contributed by atoms with Gasteiger partial charge in [-0.2, -0.15) is 0 Å². The molecule has 0 unspecified atom stereocenters. The third kappa shape index (κ3) is 7.43. The van der Waals surface area contributed by atoms with Crippen LogP contribution in [0.1, 0.15) is 48.6 Å². The Hall–Kier alpha value is -4.37. The van der Waals surface area contributed by atoms with Gasteiger partial charge >= 0.3 is 0 Å². The lowest BCUT2D eigenvalue weighted by atomic mass is 9.81. The van der Waals surface area contributed by atoms with Crippen molar-refractivity contribution in [1.29, 1.82) is 0 Å². The van der Waals surface area contributed by atoms with Gasteiger partial charge in [0.2, 0.25) is 5.90 Å². The minimum absolute atomic E-state index is 0.0584. The van der Waals surface area contributed by atoms with Crippen LogP contribution in [0.2, 0.25) is 0 Å². The normalized spacial score (nSPS) is 17.9. The second kappa shape index (κ2) is 14.3. The molecule has 0 spiro atoms. The first kappa shape index (κ1) is 29.6. The zero-order valence-corrected chi connectivity index (χ0v) is 23.4. The maximum Gasteiger partial charge on any atom is 0.266 e. The first-order valence-corrected chi connectivity index (χ1v) is 13.7. The van der Waals surface area contributed by atoms with Crippen LogP contribution in [0.3, 0.4) is 0 Å². The molecule has 0 aliphatic carbocycles. The van der Waals surface area contributed by atoms with Crippen molar-refractivity contribution < 1.29 is 19.4 Å². The Bertz CT molecular complexity index is 1370. The van der Waals surface area contributed by atoms with Gasteiger partial charge in [0.15, 0.2) is 11.6 Å². The summed E-state index contributed by atoms with van der Waals surface area (Å²) in [5, 5.41) is 12.8. The molecule has 41 heavy (non-hydrogen) atoms. The van der Waals surface area contributed by atoms with E-state index in [1.54, 1.807) is 0 Å². The number of benzene rings is 3. The predicted octanol–water partition coefficient (Wildman–Crippen LogP) is 5.03. The summed E-state index contributed by atoms with van der Waals surface area (Å²) >= 11 is 0. The lowest BCUT2D eigenvalue weighted by Crippen LogP contribution is -2.54. The molecule has 1 aliphatic heterocycles. The van der Waals surface area contributed by atoms with E-state index in [0.29, 0.717) is 42.7 Å².